The van der Waals surface area contributed by atoms with Crippen LogP contribution in [0.15, 0.2) is 46.9 Å². The number of carbonyl (C=O) groups is 1. The topological polar surface area (TPSA) is 54.7 Å². The van der Waals surface area contributed by atoms with E-state index in [1.54, 1.807) is 7.11 Å². The van der Waals surface area contributed by atoms with Gasteiger partial charge in [0, 0.05) is 18.5 Å². The third kappa shape index (κ3) is 4.30. The van der Waals surface area contributed by atoms with E-state index in [2.05, 4.69) is 28.4 Å². The number of carbonyl (C=O) groups excluding carboxylic acids is 1. The molecule has 0 aliphatic carbocycles. The molecule has 0 spiro atoms. The molecule has 1 saturated heterocycles. The average molecular weight is 392 g/mol. The smallest absolute Gasteiger partial charge is 0.255 e. The molecule has 2 heterocycles. The number of fused-ring (bicyclic) bond motifs is 1. The second kappa shape index (κ2) is 8.70. The Balaban J connectivity index is 1.50. The highest BCUT2D eigenvalue weighted by molar-refractivity contribution is 6.07. The zero-order valence-electron chi connectivity index (χ0n) is 17.2. The predicted molar refractivity (Wildman–Crippen MR) is 114 cm³/mol. The molecule has 1 amide bonds. The summed E-state index contributed by atoms with van der Waals surface area (Å²) in [6, 6.07) is 13.9. The van der Waals surface area contributed by atoms with Gasteiger partial charge in [-0.15, -0.1) is 0 Å². The van der Waals surface area contributed by atoms with Gasteiger partial charge in [-0.25, -0.2) is 0 Å². The number of furan rings is 1. The third-order valence-electron chi connectivity index (χ3n) is 5.70. The highest BCUT2D eigenvalue weighted by Crippen LogP contribution is 2.29. The summed E-state index contributed by atoms with van der Waals surface area (Å²) in [6.07, 6.45) is 3.88. The summed E-state index contributed by atoms with van der Waals surface area (Å²) in [7, 11) is 1.62. The summed E-state index contributed by atoms with van der Waals surface area (Å²) in [4.78, 5) is 15.5. The number of likely N-dealkylation sites (tertiary alicyclic amines) is 1. The fraction of sp³-hybridized carbons (Fsp3) is 0.375. The van der Waals surface area contributed by atoms with E-state index < -0.39 is 0 Å². The minimum Gasteiger partial charge on any atom is -0.497 e. The molecule has 0 saturated carbocycles. The van der Waals surface area contributed by atoms with Crippen molar-refractivity contribution < 1.29 is 13.9 Å². The summed E-state index contributed by atoms with van der Waals surface area (Å²) in [5, 5.41) is 3.87. The number of hydrogen-bond donors (Lipinski definition) is 1. The van der Waals surface area contributed by atoms with Crippen LogP contribution in [0.3, 0.4) is 0 Å². The fourth-order valence-corrected chi connectivity index (χ4v) is 4.11. The van der Waals surface area contributed by atoms with E-state index in [9.17, 15) is 4.79 Å². The second-order valence-corrected chi connectivity index (χ2v) is 7.68. The summed E-state index contributed by atoms with van der Waals surface area (Å²) >= 11 is 0. The molecule has 2 aromatic carbocycles. The minimum absolute atomic E-state index is 0.123. The first-order valence-electron chi connectivity index (χ1n) is 10.3. The van der Waals surface area contributed by atoms with Crippen LogP contribution < -0.4 is 10.1 Å². The van der Waals surface area contributed by atoms with Crippen LogP contribution in [0.4, 0.5) is 0 Å². The van der Waals surface area contributed by atoms with E-state index in [0.717, 1.165) is 30.6 Å². The largest absolute Gasteiger partial charge is 0.497 e. The maximum atomic E-state index is 13.0. The molecule has 3 aromatic rings. The van der Waals surface area contributed by atoms with Gasteiger partial charge in [-0.1, -0.05) is 30.7 Å². The number of rotatable bonds is 6. The molecule has 0 radical (unpaired) electrons. The maximum Gasteiger partial charge on any atom is 0.255 e. The molecule has 4 rings (SSSR count). The van der Waals surface area contributed by atoms with Crippen LogP contribution in [0.5, 0.6) is 5.75 Å². The molecular formula is C24H28N2O3. The van der Waals surface area contributed by atoms with Gasteiger partial charge in [0.1, 0.15) is 17.1 Å². The highest BCUT2D eigenvalue weighted by atomic mass is 16.5. The van der Waals surface area contributed by atoms with Gasteiger partial charge in [-0.2, -0.15) is 0 Å². The minimum atomic E-state index is -0.123. The van der Waals surface area contributed by atoms with E-state index in [1.807, 2.05) is 31.2 Å². The average Bonchev–Trinajstić information content (AvgIpc) is 3.08. The molecule has 0 unspecified atom stereocenters. The van der Waals surface area contributed by atoms with Crippen molar-refractivity contribution in [3.05, 3.63) is 64.9 Å². The normalized spacial score (nSPS) is 14.8. The number of amides is 1. The van der Waals surface area contributed by atoms with E-state index in [1.165, 1.54) is 24.8 Å². The molecule has 0 bridgehead atoms. The molecule has 5 heteroatoms. The van der Waals surface area contributed by atoms with Crippen LogP contribution in [0.1, 0.15) is 46.5 Å². The number of piperidine rings is 1. The molecule has 1 fully saturated rings. The Labute approximate surface area is 171 Å². The Morgan fingerprint density at radius 1 is 1.10 bits per heavy atom. The van der Waals surface area contributed by atoms with Gasteiger partial charge in [-0.3, -0.25) is 9.69 Å². The van der Waals surface area contributed by atoms with Crippen LogP contribution in [0.2, 0.25) is 0 Å². The van der Waals surface area contributed by atoms with Crippen molar-refractivity contribution in [2.45, 2.75) is 39.3 Å². The van der Waals surface area contributed by atoms with Gasteiger partial charge in [0.15, 0.2) is 0 Å². The lowest BCUT2D eigenvalue weighted by molar-refractivity contribution is 0.0950. The number of aryl methyl sites for hydroxylation is 1. The van der Waals surface area contributed by atoms with Crippen molar-refractivity contribution in [3.63, 3.8) is 0 Å². The summed E-state index contributed by atoms with van der Waals surface area (Å²) < 4.78 is 11.1. The van der Waals surface area contributed by atoms with Crippen molar-refractivity contribution >= 4 is 16.9 Å². The van der Waals surface area contributed by atoms with Gasteiger partial charge in [-0.05, 0) is 62.2 Å². The van der Waals surface area contributed by atoms with Gasteiger partial charge < -0.3 is 14.5 Å². The Hall–Kier alpha value is -2.79. The summed E-state index contributed by atoms with van der Waals surface area (Å²) in [5.74, 6) is 1.20. The number of ether oxygens (including phenoxy) is 1. The van der Waals surface area contributed by atoms with E-state index >= 15 is 0 Å². The molecular weight excluding hydrogens is 364 g/mol. The van der Waals surface area contributed by atoms with Gasteiger partial charge in [0.05, 0.1) is 12.7 Å². The Morgan fingerprint density at radius 2 is 1.86 bits per heavy atom. The van der Waals surface area contributed by atoms with Crippen molar-refractivity contribution in [1.82, 2.24) is 10.2 Å². The zero-order valence-corrected chi connectivity index (χ0v) is 17.2. The number of methoxy groups -OCH3 is 1. The summed E-state index contributed by atoms with van der Waals surface area (Å²) in [5.41, 5.74) is 3.71. The van der Waals surface area contributed by atoms with Crippen molar-refractivity contribution in [3.8, 4) is 5.75 Å². The van der Waals surface area contributed by atoms with Gasteiger partial charge in [0.2, 0.25) is 0 Å². The molecule has 1 aromatic heterocycles. The van der Waals surface area contributed by atoms with Crippen molar-refractivity contribution in [2.24, 2.45) is 0 Å². The third-order valence-corrected chi connectivity index (χ3v) is 5.70. The number of nitrogens with one attached hydrogen (secondary N) is 1. The van der Waals surface area contributed by atoms with Gasteiger partial charge >= 0.3 is 0 Å². The van der Waals surface area contributed by atoms with E-state index in [4.69, 9.17) is 9.15 Å². The van der Waals surface area contributed by atoms with E-state index in [-0.39, 0.29) is 5.91 Å². The second-order valence-electron chi connectivity index (χ2n) is 7.68. The SMILES string of the molecule is COc1ccc2oc(C)c(C(=O)NCc3ccccc3CN3CCCCC3)c2c1. The molecule has 1 aliphatic rings. The lowest BCUT2D eigenvalue weighted by Gasteiger charge is -2.27. The Morgan fingerprint density at radius 3 is 2.62 bits per heavy atom. The standard InChI is InChI=1S/C24H28N2O3/c1-17-23(21-14-20(28-2)10-11-22(21)29-17)24(27)25-15-18-8-4-5-9-19(18)16-26-12-6-3-7-13-26/h4-5,8-11,14H,3,6-7,12-13,15-16H2,1-2H3,(H,25,27). The van der Waals surface area contributed by atoms with Crippen molar-refractivity contribution in [1.29, 1.82) is 0 Å². The first-order valence-corrected chi connectivity index (χ1v) is 10.3. The first kappa shape index (κ1) is 19.5. The number of benzene rings is 2. The lowest BCUT2D eigenvalue weighted by Crippen LogP contribution is -2.30. The Kier molecular flexibility index (Phi) is 5.86. The molecule has 1 N–H and O–H groups in total. The zero-order chi connectivity index (χ0) is 20.2. The molecule has 152 valence electrons. The lowest BCUT2D eigenvalue weighted by atomic mass is 10.0. The van der Waals surface area contributed by atoms with Crippen LogP contribution >= 0.6 is 0 Å². The van der Waals surface area contributed by atoms with Crippen LogP contribution in [-0.2, 0) is 13.1 Å². The first-order chi connectivity index (χ1) is 14.2. The molecule has 5 nitrogen and oxygen atoms in total. The van der Waals surface area contributed by atoms with Crippen LogP contribution in [-0.4, -0.2) is 31.0 Å². The summed E-state index contributed by atoms with van der Waals surface area (Å²) in [6.45, 7) is 5.58. The number of hydrogen-bond acceptors (Lipinski definition) is 4. The van der Waals surface area contributed by atoms with Crippen molar-refractivity contribution in [2.75, 3.05) is 20.2 Å². The molecule has 0 atom stereocenters. The number of nitrogens with zero attached hydrogens (tertiary/aromatic N) is 1. The quantitative estimate of drug-likeness (QED) is 0.663. The molecule has 1 aliphatic heterocycles. The monoisotopic (exact) mass is 392 g/mol. The highest BCUT2D eigenvalue weighted by Gasteiger charge is 2.19. The van der Waals surface area contributed by atoms with Crippen LogP contribution in [0.25, 0.3) is 11.0 Å². The fourth-order valence-electron chi connectivity index (χ4n) is 4.11. The van der Waals surface area contributed by atoms with Crippen LogP contribution in [0, 0.1) is 6.92 Å². The van der Waals surface area contributed by atoms with E-state index in [0.29, 0.717) is 29.2 Å². The predicted octanol–water partition coefficient (Wildman–Crippen LogP) is 4.67. The maximum absolute atomic E-state index is 13.0. The van der Waals surface area contributed by atoms with Gasteiger partial charge in [0.25, 0.3) is 5.91 Å². The molecule has 29 heavy (non-hydrogen) atoms. The Bertz CT molecular complexity index is 1000.